The van der Waals surface area contributed by atoms with Crippen molar-refractivity contribution in [3.8, 4) is 0 Å². The molecule has 0 saturated heterocycles. The predicted molar refractivity (Wildman–Crippen MR) is 96.8 cm³/mol. The molecule has 30 heavy (non-hydrogen) atoms. The molecule has 1 aromatic heterocycles. The number of aromatic nitrogens is 1. The lowest BCUT2D eigenvalue weighted by molar-refractivity contribution is -0.278. The van der Waals surface area contributed by atoms with Crippen LogP contribution in [0.1, 0.15) is 26.3 Å². The maximum absolute atomic E-state index is 13.3. The van der Waals surface area contributed by atoms with Crippen LogP contribution in [0.4, 0.5) is 27.8 Å². The zero-order valence-electron chi connectivity index (χ0n) is 16.8. The van der Waals surface area contributed by atoms with Gasteiger partial charge in [0.2, 0.25) is 6.10 Å². The van der Waals surface area contributed by atoms with E-state index in [1.165, 1.54) is 39.3 Å². The van der Waals surface area contributed by atoms with Gasteiger partial charge >= 0.3 is 6.18 Å². The molecule has 0 fully saturated rings. The standard InChI is InChI=1S/C18H24F5N3O4/c1-16(2,29-4)15(28)26-11(7-10-5-6-25-13(24)8-10)12(27)9-30-14(17(3,19)20)18(21,22)23/h5-6,8,11,14H,7,9H2,1-4H3,(H2,24,25)(H,26,28). The molecule has 12 heteroatoms. The lowest BCUT2D eigenvalue weighted by Gasteiger charge is -2.28. The number of methoxy groups -OCH3 is 1. The molecule has 7 nitrogen and oxygen atoms in total. The number of halogens is 5. The Kier molecular flexibility index (Phi) is 8.26. The number of hydrogen-bond acceptors (Lipinski definition) is 6. The van der Waals surface area contributed by atoms with Gasteiger partial charge < -0.3 is 20.5 Å². The Balaban J connectivity index is 3.05. The van der Waals surface area contributed by atoms with Crippen LogP contribution in [-0.2, 0) is 25.5 Å². The van der Waals surface area contributed by atoms with E-state index in [0.717, 1.165) is 0 Å². The van der Waals surface area contributed by atoms with Gasteiger partial charge in [-0.3, -0.25) is 9.59 Å². The number of rotatable bonds is 10. The van der Waals surface area contributed by atoms with Gasteiger partial charge in [0, 0.05) is 26.7 Å². The Morgan fingerprint density at radius 2 is 1.80 bits per heavy atom. The predicted octanol–water partition coefficient (Wildman–Crippen LogP) is 2.29. The third kappa shape index (κ3) is 7.48. The summed E-state index contributed by atoms with van der Waals surface area (Å²) in [7, 11) is 1.25. The molecule has 0 saturated carbocycles. The van der Waals surface area contributed by atoms with E-state index in [1.54, 1.807) is 0 Å². The molecule has 0 aliphatic rings. The van der Waals surface area contributed by atoms with Crippen LogP contribution in [-0.4, -0.2) is 60.2 Å². The number of ether oxygens (including phenoxy) is 2. The highest BCUT2D eigenvalue weighted by Crippen LogP contribution is 2.34. The van der Waals surface area contributed by atoms with Crippen molar-refractivity contribution in [3.05, 3.63) is 23.9 Å². The second kappa shape index (κ2) is 9.65. The molecule has 170 valence electrons. The number of nitrogens with two attached hydrogens (primary N) is 1. The lowest BCUT2D eigenvalue weighted by atomic mass is 10.0. The highest BCUT2D eigenvalue weighted by molar-refractivity contribution is 5.92. The van der Waals surface area contributed by atoms with Crippen molar-refractivity contribution in [3.63, 3.8) is 0 Å². The van der Waals surface area contributed by atoms with Gasteiger partial charge in [-0.25, -0.2) is 13.8 Å². The first-order valence-corrected chi connectivity index (χ1v) is 8.73. The summed E-state index contributed by atoms with van der Waals surface area (Å²) in [6.45, 7) is 1.55. The van der Waals surface area contributed by atoms with Gasteiger partial charge in [-0.2, -0.15) is 13.2 Å². The first-order chi connectivity index (χ1) is 13.6. The van der Waals surface area contributed by atoms with E-state index in [2.05, 4.69) is 15.0 Å². The number of nitrogens with zero attached hydrogens (tertiary/aromatic N) is 1. The molecule has 0 aromatic carbocycles. The minimum absolute atomic E-state index is 0.0374. The van der Waals surface area contributed by atoms with E-state index >= 15 is 0 Å². The van der Waals surface area contributed by atoms with Gasteiger partial charge in [0.15, 0.2) is 5.78 Å². The number of amides is 1. The Labute approximate surface area is 170 Å². The fourth-order valence-electron chi connectivity index (χ4n) is 2.32. The van der Waals surface area contributed by atoms with Crippen LogP contribution in [0.2, 0.25) is 0 Å². The zero-order chi connectivity index (χ0) is 23.3. The number of nitrogen functional groups attached to an aromatic ring is 1. The van der Waals surface area contributed by atoms with Gasteiger partial charge in [-0.15, -0.1) is 0 Å². The topological polar surface area (TPSA) is 104 Å². The molecular weight excluding hydrogens is 417 g/mol. The maximum atomic E-state index is 13.3. The maximum Gasteiger partial charge on any atom is 0.420 e. The van der Waals surface area contributed by atoms with Gasteiger partial charge in [0.05, 0.1) is 6.04 Å². The molecule has 3 N–H and O–H groups in total. The molecule has 0 spiro atoms. The first kappa shape index (κ1) is 25.7. The third-order valence-electron chi connectivity index (χ3n) is 4.19. The molecule has 1 aromatic rings. The van der Waals surface area contributed by atoms with Gasteiger partial charge in [-0.1, -0.05) is 0 Å². The average Bonchev–Trinajstić information content (AvgIpc) is 2.58. The molecule has 0 bridgehead atoms. The van der Waals surface area contributed by atoms with Crippen LogP contribution in [0.5, 0.6) is 0 Å². The molecule has 0 aliphatic heterocycles. The Morgan fingerprint density at radius 1 is 1.20 bits per heavy atom. The normalized spacial score (nSPS) is 14.8. The van der Waals surface area contributed by atoms with E-state index < -0.39 is 48.1 Å². The summed E-state index contributed by atoms with van der Waals surface area (Å²) in [5.41, 5.74) is 4.64. The number of anilines is 1. The number of alkyl halides is 5. The average molecular weight is 441 g/mol. The van der Waals surface area contributed by atoms with Gasteiger partial charge in [0.1, 0.15) is 18.0 Å². The molecule has 0 aliphatic carbocycles. The summed E-state index contributed by atoms with van der Waals surface area (Å²) in [6.07, 6.45) is -7.72. The molecule has 1 heterocycles. The Hall–Kier alpha value is -2.34. The summed E-state index contributed by atoms with van der Waals surface area (Å²) in [4.78, 5) is 28.6. The summed E-state index contributed by atoms with van der Waals surface area (Å²) in [5, 5.41) is 2.35. The number of Topliss-reactive ketones (excluding diaryl/α,β-unsaturated/α-hetero) is 1. The molecule has 2 unspecified atom stereocenters. The van der Waals surface area contributed by atoms with Crippen LogP contribution in [0.15, 0.2) is 18.3 Å². The van der Waals surface area contributed by atoms with E-state index in [-0.39, 0.29) is 19.2 Å². The van der Waals surface area contributed by atoms with Crippen LogP contribution >= 0.6 is 0 Å². The largest absolute Gasteiger partial charge is 0.420 e. The fraction of sp³-hybridized carbons (Fsp3) is 0.611. The number of hydrogen-bond donors (Lipinski definition) is 2. The van der Waals surface area contributed by atoms with Crippen LogP contribution < -0.4 is 11.1 Å². The number of nitrogens with one attached hydrogen (secondary N) is 1. The fourth-order valence-corrected chi connectivity index (χ4v) is 2.32. The molecule has 0 radical (unpaired) electrons. The van der Waals surface area contributed by atoms with Crippen LogP contribution in [0.25, 0.3) is 0 Å². The summed E-state index contributed by atoms with van der Waals surface area (Å²) >= 11 is 0. The molecule has 2 atom stereocenters. The van der Waals surface area contributed by atoms with Crippen molar-refractivity contribution < 1.29 is 41.0 Å². The molecule has 1 rings (SSSR count). The van der Waals surface area contributed by atoms with Crippen molar-refractivity contribution >= 4 is 17.5 Å². The summed E-state index contributed by atoms with van der Waals surface area (Å²) in [5.74, 6) is -5.93. The highest BCUT2D eigenvalue weighted by Gasteiger charge is 2.54. The van der Waals surface area contributed by atoms with Crippen molar-refractivity contribution in [2.45, 2.75) is 57.0 Å². The van der Waals surface area contributed by atoms with Crippen molar-refractivity contribution in [1.29, 1.82) is 0 Å². The second-order valence-electron chi connectivity index (χ2n) is 7.19. The number of carbonyl (C=O) groups is 2. The van der Waals surface area contributed by atoms with Gasteiger partial charge in [-0.05, 0) is 31.5 Å². The van der Waals surface area contributed by atoms with Crippen LogP contribution in [0.3, 0.4) is 0 Å². The second-order valence-corrected chi connectivity index (χ2v) is 7.19. The van der Waals surface area contributed by atoms with Crippen molar-refractivity contribution in [2.75, 3.05) is 19.5 Å². The summed E-state index contributed by atoms with van der Waals surface area (Å²) in [6, 6.07) is 1.49. The van der Waals surface area contributed by atoms with Crippen molar-refractivity contribution in [2.24, 2.45) is 0 Å². The Bertz CT molecular complexity index is 736. The number of ketones is 1. The van der Waals surface area contributed by atoms with E-state index in [4.69, 9.17) is 10.5 Å². The minimum Gasteiger partial charge on any atom is -0.384 e. The zero-order valence-corrected chi connectivity index (χ0v) is 16.8. The molecular formula is C18H24F5N3O4. The monoisotopic (exact) mass is 441 g/mol. The minimum atomic E-state index is -5.39. The van der Waals surface area contributed by atoms with Gasteiger partial charge in [0.25, 0.3) is 11.8 Å². The first-order valence-electron chi connectivity index (χ1n) is 8.73. The van der Waals surface area contributed by atoms with E-state index in [1.807, 2.05) is 0 Å². The summed E-state index contributed by atoms with van der Waals surface area (Å²) < 4.78 is 74.3. The van der Waals surface area contributed by atoms with Crippen molar-refractivity contribution in [1.82, 2.24) is 10.3 Å². The third-order valence-corrected chi connectivity index (χ3v) is 4.19. The van der Waals surface area contributed by atoms with Crippen LogP contribution in [0, 0.1) is 0 Å². The van der Waals surface area contributed by atoms with E-state index in [9.17, 15) is 31.5 Å². The number of pyridine rings is 1. The smallest absolute Gasteiger partial charge is 0.384 e. The SMILES string of the molecule is COC(C)(C)C(=O)NC(Cc1ccnc(N)c1)C(=O)COC(C(C)(F)F)C(F)(F)F. The van der Waals surface area contributed by atoms with E-state index in [0.29, 0.717) is 5.56 Å². The highest BCUT2D eigenvalue weighted by atomic mass is 19.4. The number of carbonyl (C=O) groups excluding carboxylic acids is 2. The lowest BCUT2D eigenvalue weighted by Crippen LogP contribution is -2.53. The Morgan fingerprint density at radius 3 is 2.27 bits per heavy atom. The molecule has 1 amide bonds. The quantitative estimate of drug-likeness (QED) is 0.540.